The van der Waals surface area contributed by atoms with Crippen LogP contribution in [-0.4, -0.2) is 6.54 Å². The minimum atomic E-state index is -0.301. The fraction of sp³-hybridized carbons (Fsp3) is 0.412. The molecule has 1 aliphatic rings. The molecule has 0 amide bonds. The van der Waals surface area contributed by atoms with Crippen molar-refractivity contribution in [1.82, 2.24) is 0 Å². The third-order valence-corrected chi connectivity index (χ3v) is 4.08. The van der Waals surface area contributed by atoms with Crippen molar-refractivity contribution < 1.29 is 4.39 Å². The van der Waals surface area contributed by atoms with Crippen LogP contribution in [0.3, 0.4) is 0 Å². The van der Waals surface area contributed by atoms with Crippen LogP contribution < -0.4 is 5.32 Å². The Kier molecular flexibility index (Phi) is 5.24. The molecule has 20 heavy (non-hydrogen) atoms. The van der Waals surface area contributed by atoms with Crippen LogP contribution in [0.5, 0.6) is 0 Å². The molecule has 1 N–H and O–H groups in total. The summed E-state index contributed by atoms with van der Waals surface area (Å²) in [5, 5.41) is 3.55. The Balaban J connectivity index is 1.92. The molecule has 0 heterocycles. The van der Waals surface area contributed by atoms with Gasteiger partial charge in [-0.3, -0.25) is 0 Å². The van der Waals surface area contributed by atoms with Crippen LogP contribution in [0.1, 0.15) is 39.0 Å². The molecule has 1 aromatic rings. The van der Waals surface area contributed by atoms with E-state index in [9.17, 15) is 4.39 Å². The Bertz CT molecular complexity index is 534. The lowest BCUT2D eigenvalue weighted by molar-refractivity contribution is 0.630. The van der Waals surface area contributed by atoms with Crippen LogP contribution in [0.25, 0.3) is 0 Å². The van der Waals surface area contributed by atoms with Crippen molar-refractivity contribution in [2.24, 2.45) is 0 Å². The van der Waals surface area contributed by atoms with Crippen molar-refractivity contribution in [2.45, 2.75) is 39.0 Å². The second kappa shape index (κ2) is 6.94. The summed E-state index contributed by atoms with van der Waals surface area (Å²) in [6.07, 6.45) is 5.68. The van der Waals surface area contributed by atoms with E-state index in [-0.39, 0.29) is 5.82 Å². The molecule has 0 radical (unpaired) electrons. The predicted molar refractivity (Wildman–Crippen MR) is 84.8 cm³/mol. The molecule has 108 valence electrons. The SMILES string of the molecule is C=C1CCCC/C1=C(\C)CCNc1ccc(Cl)cc1F. The first-order valence-corrected chi connectivity index (χ1v) is 7.51. The van der Waals surface area contributed by atoms with Crippen molar-refractivity contribution in [3.05, 3.63) is 52.3 Å². The van der Waals surface area contributed by atoms with E-state index in [4.69, 9.17) is 11.6 Å². The summed E-state index contributed by atoms with van der Waals surface area (Å²) in [4.78, 5) is 0. The first-order chi connectivity index (χ1) is 9.58. The molecule has 1 saturated carbocycles. The molecule has 0 aromatic heterocycles. The molecule has 0 saturated heterocycles. The second-order valence-corrected chi connectivity index (χ2v) is 5.81. The molecular weight excluding hydrogens is 273 g/mol. The molecule has 0 unspecified atom stereocenters. The molecule has 2 rings (SSSR count). The van der Waals surface area contributed by atoms with Crippen LogP contribution >= 0.6 is 11.6 Å². The Morgan fingerprint density at radius 1 is 1.35 bits per heavy atom. The topological polar surface area (TPSA) is 12.0 Å². The van der Waals surface area contributed by atoms with E-state index >= 15 is 0 Å². The summed E-state index contributed by atoms with van der Waals surface area (Å²) in [6.45, 7) is 7.04. The molecule has 0 spiro atoms. The predicted octanol–water partition coefficient (Wildman–Crippen LogP) is 5.73. The number of nitrogens with one attached hydrogen (secondary N) is 1. The van der Waals surface area contributed by atoms with Crippen molar-refractivity contribution >= 4 is 17.3 Å². The lowest BCUT2D eigenvalue weighted by Gasteiger charge is -2.20. The number of rotatable bonds is 4. The van der Waals surface area contributed by atoms with Gasteiger partial charge in [0.05, 0.1) is 5.69 Å². The summed E-state index contributed by atoms with van der Waals surface area (Å²) in [6, 6.07) is 4.71. The third-order valence-electron chi connectivity index (χ3n) is 3.84. The summed E-state index contributed by atoms with van der Waals surface area (Å²) in [7, 11) is 0. The fourth-order valence-electron chi connectivity index (χ4n) is 2.65. The summed E-state index contributed by atoms with van der Waals surface area (Å²) in [5.74, 6) is -0.301. The van der Waals surface area contributed by atoms with E-state index in [1.807, 2.05) is 0 Å². The molecule has 0 atom stereocenters. The van der Waals surface area contributed by atoms with Gasteiger partial charge in [-0.25, -0.2) is 4.39 Å². The lowest BCUT2D eigenvalue weighted by Crippen LogP contribution is -2.06. The third kappa shape index (κ3) is 3.86. The average Bonchev–Trinajstić information content (AvgIpc) is 2.41. The molecule has 1 aliphatic carbocycles. The highest BCUT2D eigenvalue weighted by molar-refractivity contribution is 6.30. The molecule has 1 nitrogen and oxygen atoms in total. The van der Waals surface area contributed by atoms with Crippen molar-refractivity contribution in [1.29, 1.82) is 0 Å². The Hall–Kier alpha value is -1.28. The normalized spacial score (nSPS) is 18.1. The van der Waals surface area contributed by atoms with Gasteiger partial charge in [0.25, 0.3) is 0 Å². The molecular formula is C17H21ClFN. The monoisotopic (exact) mass is 293 g/mol. The van der Waals surface area contributed by atoms with Gasteiger partial charge in [0, 0.05) is 11.6 Å². The van der Waals surface area contributed by atoms with Gasteiger partial charge in [0.2, 0.25) is 0 Å². The number of hydrogen-bond acceptors (Lipinski definition) is 1. The standard InChI is InChI=1S/C17H21ClFN/c1-12-5-3-4-6-15(12)13(2)9-10-20-17-8-7-14(18)11-16(17)19/h7-8,11,20H,1,3-6,9-10H2,2H3/b15-13-. The largest absolute Gasteiger partial charge is 0.382 e. The molecule has 0 aliphatic heterocycles. The molecule has 1 fully saturated rings. The van der Waals surface area contributed by atoms with Gasteiger partial charge in [-0.05, 0) is 62.8 Å². The maximum absolute atomic E-state index is 13.6. The maximum atomic E-state index is 13.6. The van der Waals surface area contributed by atoms with Crippen LogP contribution in [0, 0.1) is 5.82 Å². The van der Waals surface area contributed by atoms with Gasteiger partial charge < -0.3 is 5.32 Å². The number of anilines is 1. The van der Waals surface area contributed by atoms with E-state index in [0.29, 0.717) is 10.7 Å². The highest BCUT2D eigenvalue weighted by atomic mass is 35.5. The Labute approximate surface area is 125 Å². The minimum absolute atomic E-state index is 0.301. The Morgan fingerprint density at radius 3 is 2.80 bits per heavy atom. The summed E-state index contributed by atoms with van der Waals surface area (Å²) >= 11 is 5.73. The van der Waals surface area contributed by atoms with Crippen LogP contribution in [0.15, 0.2) is 41.5 Å². The maximum Gasteiger partial charge on any atom is 0.147 e. The van der Waals surface area contributed by atoms with E-state index in [0.717, 1.165) is 25.8 Å². The first-order valence-electron chi connectivity index (χ1n) is 7.13. The number of hydrogen-bond donors (Lipinski definition) is 1. The first kappa shape index (κ1) is 15.1. The minimum Gasteiger partial charge on any atom is -0.382 e. The summed E-state index contributed by atoms with van der Waals surface area (Å²) in [5.41, 5.74) is 4.59. The van der Waals surface area contributed by atoms with Crippen LogP contribution in [0.2, 0.25) is 5.02 Å². The quantitative estimate of drug-likeness (QED) is 0.748. The number of halogens is 2. The zero-order chi connectivity index (χ0) is 14.5. The summed E-state index contributed by atoms with van der Waals surface area (Å²) < 4.78 is 13.6. The van der Waals surface area contributed by atoms with Crippen molar-refractivity contribution in [3.8, 4) is 0 Å². The van der Waals surface area contributed by atoms with Crippen LogP contribution in [-0.2, 0) is 0 Å². The highest BCUT2D eigenvalue weighted by Gasteiger charge is 2.12. The van der Waals surface area contributed by atoms with E-state index in [1.54, 1.807) is 12.1 Å². The molecule has 3 heteroatoms. The molecule has 0 bridgehead atoms. The fourth-order valence-corrected chi connectivity index (χ4v) is 2.81. The van der Waals surface area contributed by atoms with Gasteiger partial charge in [0.15, 0.2) is 0 Å². The number of benzene rings is 1. The average molecular weight is 294 g/mol. The lowest BCUT2D eigenvalue weighted by atomic mass is 9.87. The van der Waals surface area contributed by atoms with Gasteiger partial charge in [0.1, 0.15) is 5.82 Å². The number of allylic oxidation sites excluding steroid dienone is 2. The van der Waals surface area contributed by atoms with Gasteiger partial charge >= 0.3 is 0 Å². The van der Waals surface area contributed by atoms with Crippen LogP contribution in [0.4, 0.5) is 10.1 Å². The smallest absolute Gasteiger partial charge is 0.147 e. The highest BCUT2D eigenvalue weighted by Crippen LogP contribution is 2.30. The molecule has 1 aromatic carbocycles. The van der Waals surface area contributed by atoms with Crippen molar-refractivity contribution in [3.63, 3.8) is 0 Å². The van der Waals surface area contributed by atoms with Gasteiger partial charge in [-0.15, -0.1) is 0 Å². The van der Waals surface area contributed by atoms with Crippen molar-refractivity contribution in [2.75, 3.05) is 11.9 Å². The van der Waals surface area contributed by atoms with Gasteiger partial charge in [-0.2, -0.15) is 0 Å². The second-order valence-electron chi connectivity index (χ2n) is 5.37. The zero-order valence-electron chi connectivity index (χ0n) is 11.9. The Morgan fingerprint density at radius 2 is 2.10 bits per heavy atom. The van der Waals surface area contributed by atoms with E-state index in [2.05, 4.69) is 18.8 Å². The van der Waals surface area contributed by atoms with Gasteiger partial charge in [-0.1, -0.05) is 29.3 Å². The zero-order valence-corrected chi connectivity index (χ0v) is 12.7. The van der Waals surface area contributed by atoms with E-state index in [1.165, 1.54) is 35.6 Å². The van der Waals surface area contributed by atoms with E-state index < -0.39 is 0 Å².